The minimum Gasteiger partial charge on any atom is -0.350 e. The first-order chi connectivity index (χ1) is 12.6. The van der Waals surface area contributed by atoms with Crippen LogP contribution >= 0.6 is 0 Å². The molecule has 0 aliphatic rings. The van der Waals surface area contributed by atoms with E-state index in [1.165, 1.54) is 18.7 Å². The maximum Gasteiger partial charge on any atom is 0.416 e. The van der Waals surface area contributed by atoms with Crippen molar-refractivity contribution in [2.45, 2.75) is 18.9 Å². The van der Waals surface area contributed by atoms with Crippen molar-refractivity contribution in [3.63, 3.8) is 0 Å². The minimum atomic E-state index is -4.89. The summed E-state index contributed by atoms with van der Waals surface area (Å²) in [6, 6.07) is 1.39. The van der Waals surface area contributed by atoms with Crippen LogP contribution in [-0.2, 0) is 18.9 Å². The molecule has 0 saturated carbocycles. The lowest BCUT2D eigenvalue weighted by atomic mass is 10.0. The first-order valence-electron chi connectivity index (χ1n) is 7.45. The van der Waals surface area contributed by atoms with Gasteiger partial charge in [0.15, 0.2) is 0 Å². The molecule has 0 unspecified atom stereocenters. The second kappa shape index (κ2) is 6.89. The molecule has 27 heavy (non-hydrogen) atoms. The fourth-order valence-electron chi connectivity index (χ4n) is 2.26. The normalized spacial score (nSPS) is 12.2. The number of benzene rings is 1. The number of nitrogens with one attached hydrogen (secondary N) is 1. The van der Waals surface area contributed by atoms with Crippen LogP contribution in [-0.4, -0.2) is 19.5 Å². The first kappa shape index (κ1) is 18.7. The number of aromatic nitrogens is 4. The van der Waals surface area contributed by atoms with Crippen LogP contribution < -0.4 is 5.32 Å². The Morgan fingerprint density at radius 2 is 1.48 bits per heavy atom. The van der Waals surface area contributed by atoms with Gasteiger partial charge in [0.25, 0.3) is 0 Å². The number of hydrogen-bond acceptors (Lipinski definition) is 4. The van der Waals surface area contributed by atoms with Crippen molar-refractivity contribution in [1.82, 2.24) is 19.5 Å². The molecule has 2 aromatic heterocycles. The zero-order valence-corrected chi connectivity index (χ0v) is 13.4. The summed E-state index contributed by atoms with van der Waals surface area (Å²) in [5.74, 6) is 0.0600. The van der Waals surface area contributed by atoms with E-state index in [0.717, 1.165) is 0 Å². The molecule has 0 spiro atoms. The van der Waals surface area contributed by atoms with Crippen LogP contribution in [0.1, 0.15) is 16.7 Å². The van der Waals surface area contributed by atoms with Crippen LogP contribution in [0.15, 0.2) is 49.3 Å². The van der Waals surface area contributed by atoms with E-state index >= 15 is 0 Å². The molecule has 1 N–H and O–H groups in total. The van der Waals surface area contributed by atoms with E-state index in [-0.39, 0.29) is 24.1 Å². The topological polar surface area (TPSA) is 55.6 Å². The van der Waals surface area contributed by atoms with Gasteiger partial charge in [-0.25, -0.2) is 15.0 Å². The molecular weight excluding hydrogens is 376 g/mol. The molecule has 0 radical (unpaired) electrons. The lowest BCUT2D eigenvalue weighted by molar-refractivity contribution is -0.143. The molecule has 0 aliphatic carbocycles. The lowest BCUT2D eigenvalue weighted by Gasteiger charge is -2.14. The highest BCUT2D eigenvalue weighted by molar-refractivity contribution is 5.37. The summed E-state index contributed by atoms with van der Waals surface area (Å²) in [6.07, 6.45) is -2.18. The highest BCUT2D eigenvalue weighted by Gasteiger charge is 2.36. The van der Waals surface area contributed by atoms with Gasteiger partial charge in [-0.3, -0.25) is 0 Å². The Morgan fingerprint density at radius 3 is 1.96 bits per heavy atom. The molecule has 1 aromatic carbocycles. The summed E-state index contributed by atoms with van der Waals surface area (Å²) in [4.78, 5) is 11.8. The maximum atomic E-state index is 12.9. The highest BCUT2D eigenvalue weighted by Crippen LogP contribution is 2.36. The number of anilines is 1. The van der Waals surface area contributed by atoms with Gasteiger partial charge >= 0.3 is 12.4 Å². The fourth-order valence-corrected chi connectivity index (χ4v) is 2.26. The Bertz CT molecular complexity index is 868. The summed E-state index contributed by atoms with van der Waals surface area (Å²) < 4.78 is 78.8. The van der Waals surface area contributed by atoms with Crippen LogP contribution in [0.2, 0.25) is 0 Å². The zero-order chi connectivity index (χ0) is 19.7. The Balaban J connectivity index is 1.79. The summed E-state index contributed by atoms with van der Waals surface area (Å²) in [7, 11) is 0. The van der Waals surface area contributed by atoms with Gasteiger partial charge in [0, 0.05) is 18.9 Å². The van der Waals surface area contributed by atoms with E-state index in [4.69, 9.17) is 0 Å². The molecule has 0 amide bonds. The molecule has 5 nitrogen and oxygen atoms in total. The number of imidazole rings is 1. The number of rotatable bonds is 4. The number of halogens is 6. The van der Waals surface area contributed by atoms with E-state index in [2.05, 4.69) is 20.3 Å². The second-order valence-corrected chi connectivity index (χ2v) is 5.50. The van der Waals surface area contributed by atoms with Gasteiger partial charge in [-0.15, -0.1) is 0 Å². The largest absolute Gasteiger partial charge is 0.416 e. The summed E-state index contributed by atoms with van der Waals surface area (Å²) >= 11 is 0. The molecule has 0 aliphatic heterocycles. The highest BCUT2D eigenvalue weighted by atomic mass is 19.4. The van der Waals surface area contributed by atoms with Crippen molar-refractivity contribution >= 4 is 5.95 Å². The molecule has 3 rings (SSSR count). The maximum absolute atomic E-state index is 12.9. The summed E-state index contributed by atoms with van der Waals surface area (Å²) in [5.41, 5.74) is -2.34. The van der Waals surface area contributed by atoms with Crippen molar-refractivity contribution in [3.05, 3.63) is 66.0 Å². The monoisotopic (exact) mass is 387 g/mol. The minimum absolute atomic E-state index is 0.0600. The van der Waals surface area contributed by atoms with E-state index in [0.29, 0.717) is 17.8 Å². The van der Waals surface area contributed by atoms with Crippen LogP contribution in [0, 0.1) is 0 Å². The fraction of sp³-hybridized carbons (Fsp3) is 0.188. The van der Waals surface area contributed by atoms with Crippen LogP contribution in [0.4, 0.5) is 32.3 Å². The Morgan fingerprint density at radius 1 is 0.889 bits per heavy atom. The summed E-state index contributed by atoms with van der Waals surface area (Å²) in [5, 5.41) is 2.61. The second-order valence-electron chi connectivity index (χ2n) is 5.50. The quantitative estimate of drug-likeness (QED) is 0.678. The smallest absolute Gasteiger partial charge is 0.350 e. The van der Waals surface area contributed by atoms with Gasteiger partial charge in [0.2, 0.25) is 5.95 Å². The standard InChI is InChI=1S/C16H11F6N5/c17-15(18,19)11-3-10(4-12(5-11)16(20,21)22)6-24-14-25-7-13(8-26-14)27-2-1-23-9-27/h1-5,7-9H,6H2,(H,24,25,26). The molecule has 0 bridgehead atoms. The van der Waals surface area contributed by atoms with E-state index in [9.17, 15) is 26.3 Å². The van der Waals surface area contributed by atoms with Gasteiger partial charge in [-0.2, -0.15) is 26.3 Å². The molecule has 0 atom stereocenters. The Kier molecular flexibility index (Phi) is 4.77. The zero-order valence-electron chi connectivity index (χ0n) is 13.4. The SMILES string of the molecule is FC(F)(F)c1cc(CNc2ncc(-n3ccnc3)cn2)cc(C(F)(F)F)c1. The van der Waals surface area contributed by atoms with Gasteiger partial charge in [-0.1, -0.05) is 0 Å². The van der Waals surface area contributed by atoms with Crippen LogP contribution in [0.25, 0.3) is 5.69 Å². The average molecular weight is 387 g/mol. The first-order valence-corrected chi connectivity index (χ1v) is 7.45. The van der Waals surface area contributed by atoms with Gasteiger partial charge in [0.05, 0.1) is 35.5 Å². The number of hydrogen-bond donors (Lipinski definition) is 1. The molecule has 3 aromatic rings. The van der Waals surface area contributed by atoms with Gasteiger partial charge in [0.1, 0.15) is 0 Å². The summed E-state index contributed by atoms with van der Waals surface area (Å²) in [6.45, 7) is -0.308. The van der Waals surface area contributed by atoms with E-state index in [1.807, 2.05) is 0 Å². The number of nitrogens with zero attached hydrogens (tertiary/aromatic N) is 4. The average Bonchev–Trinajstić information content (AvgIpc) is 3.13. The Hall–Kier alpha value is -3.11. The van der Waals surface area contributed by atoms with Crippen LogP contribution in [0.3, 0.4) is 0 Å². The molecule has 11 heteroatoms. The lowest BCUT2D eigenvalue weighted by Crippen LogP contribution is -2.13. The third kappa shape index (κ3) is 4.54. The van der Waals surface area contributed by atoms with Crippen molar-refractivity contribution < 1.29 is 26.3 Å². The molecule has 142 valence electrons. The molecule has 2 heterocycles. The van der Waals surface area contributed by atoms with Crippen LogP contribution in [0.5, 0.6) is 0 Å². The Labute approximate surface area is 148 Å². The van der Waals surface area contributed by atoms with Gasteiger partial charge in [-0.05, 0) is 23.8 Å². The molecule has 0 saturated heterocycles. The van der Waals surface area contributed by atoms with Crippen molar-refractivity contribution in [1.29, 1.82) is 0 Å². The molecular formula is C16H11F6N5. The third-order valence-electron chi connectivity index (χ3n) is 3.54. The van der Waals surface area contributed by atoms with Crippen molar-refractivity contribution in [2.75, 3.05) is 5.32 Å². The van der Waals surface area contributed by atoms with Crippen molar-refractivity contribution in [2.24, 2.45) is 0 Å². The van der Waals surface area contributed by atoms with Gasteiger partial charge < -0.3 is 9.88 Å². The van der Waals surface area contributed by atoms with E-state index in [1.54, 1.807) is 17.0 Å². The molecule has 0 fully saturated rings. The van der Waals surface area contributed by atoms with Crippen molar-refractivity contribution in [3.8, 4) is 5.69 Å². The third-order valence-corrected chi connectivity index (χ3v) is 3.54. The predicted molar refractivity (Wildman–Crippen MR) is 82.9 cm³/mol. The predicted octanol–water partition coefficient (Wildman–Crippen LogP) is 4.31. The number of alkyl halides is 6. The van der Waals surface area contributed by atoms with E-state index < -0.39 is 23.5 Å².